The largest absolute Gasteiger partial charge is 0.573 e. The molecule has 13 heteroatoms. The van der Waals surface area contributed by atoms with Gasteiger partial charge in [0.05, 0.1) is 29.2 Å². The first-order chi connectivity index (χ1) is 18.1. The minimum Gasteiger partial charge on any atom is -0.404 e. The molecule has 1 aliphatic heterocycles. The number of amides is 1. The van der Waals surface area contributed by atoms with E-state index >= 15 is 0 Å². The number of nitrogens with one attached hydrogen (secondary N) is 1. The number of aryl methyl sites for hydroxylation is 1. The SMILES string of the molecule is CN1CCN(c2ccc(OC(F)(F)F)c(Nc3ncc4c(n3)-c3c(c(C(N)=O)cn3CCO)CC4)c2)CC1. The van der Waals surface area contributed by atoms with E-state index in [1.165, 1.54) is 6.07 Å². The minimum absolute atomic E-state index is 0.0662. The van der Waals surface area contributed by atoms with Crippen molar-refractivity contribution in [1.29, 1.82) is 0 Å². The average Bonchev–Trinajstić information content (AvgIpc) is 3.24. The van der Waals surface area contributed by atoms with E-state index in [1.807, 2.05) is 7.05 Å². The molecule has 1 fully saturated rings. The van der Waals surface area contributed by atoms with Crippen LogP contribution < -0.4 is 20.7 Å². The van der Waals surface area contributed by atoms with Gasteiger partial charge >= 0.3 is 6.36 Å². The van der Waals surface area contributed by atoms with E-state index in [0.29, 0.717) is 29.8 Å². The number of alkyl halides is 3. The molecule has 1 amide bonds. The fraction of sp³-hybridized carbons (Fsp3) is 0.400. The summed E-state index contributed by atoms with van der Waals surface area (Å²) in [5.41, 5.74) is 9.45. The third-order valence-electron chi connectivity index (χ3n) is 6.83. The molecule has 2 aliphatic rings. The van der Waals surface area contributed by atoms with Gasteiger partial charge in [-0.05, 0) is 49.2 Å². The lowest BCUT2D eigenvalue weighted by atomic mass is 9.92. The monoisotopic (exact) mass is 531 g/mol. The molecule has 5 rings (SSSR count). The van der Waals surface area contributed by atoms with E-state index in [0.717, 1.165) is 43.0 Å². The van der Waals surface area contributed by atoms with Crippen LogP contribution in [0.2, 0.25) is 0 Å². The number of hydrogen-bond acceptors (Lipinski definition) is 8. The number of nitrogens with zero attached hydrogens (tertiary/aromatic N) is 5. The van der Waals surface area contributed by atoms with Crippen molar-refractivity contribution >= 4 is 23.2 Å². The molecule has 4 N–H and O–H groups in total. The lowest BCUT2D eigenvalue weighted by molar-refractivity contribution is -0.274. The number of aromatic nitrogens is 3. The predicted molar refractivity (Wildman–Crippen MR) is 135 cm³/mol. The smallest absolute Gasteiger partial charge is 0.404 e. The summed E-state index contributed by atoms with van der Waals surface area (Å²) in [4.78, 5) is 25.3. The van der Waals surface area contributed by atoms with Gasteiger partial charge in [-0.2, -0.15) is 0 Å². The second kappa shape index (κ2) is 10.1. The van der Waals surface area contributed by atoms with E-state index in [1.54, 1.807) is 29.1 Å². The minimum atomic E-state index is -4.88. The number of nitrogens with two attached hydrogens (primary N) is 1. The molecule has 10 nitrogen and oxygen atoms in total. The van der Waals surface area contributed by atoms with E-state index in [9.17, 15) is 23.1 Å². The van der Waals surface area contributed by atoms with Crippen LogP contribution in [0.1, 0.15) is 21.5 Å². The van der Waals surface area contributed by atoms with E-state index < -0.39 is 18.0 Å². The van der Waals surface area contributed by atoms with Gasteiger partial charge < -0.3 is 35.3 Å². The highest BCUT2D eigenvalue weighted by atomic mass is 19.4. The van der Waals surface area contributed by atoms with Gasteiger partial charge in [0.15, 0.2) is 5.75 Å². The Morgan fingerprint density at radius 1 is 1.21 bits per heavy atom. The number of carbonyl (C=O) groups is 1. The van der Waals surface area contributed by atoms with Crippen molar-refractivity contribution in [2.45, 2.75) is 25.7 Å². The lowest BCUT2D eigenvalue weighted by Gasteiger charge is -2.34. The van der Waals surface area contributed by atoms with Crippen molar-refractivity contribution in [2.75, 3.05) is 50.1 Å². The van der Waals surface area contributed by atoms with Crippen molar-refractivity contribution in [2.24, 2.45) is 5.73 Å². The number of halogens is 3. The van der Waals surface area contributed by atoms with Gasteiger partial charge in [0.2, 0.25) is 5.95 Å². The highest BCUT2D eigenvalue weighted by Crippen LogP contribution is 2.38. The number of aliphatic hydroxyl groups excluding tert-OH is 1. The molecule has 2 aromatic heterocycles. The zero-order chi connectivity index (χ0) is 27.0. The number of hydrogen-bond donors (Lipinski definition) is 3. The van der Waals surface area contributed by atoms with Crippen LogP contribution in [0, 0.1) is 0 Å². The molecule has 38 heavy (non-hydrogen) atoms. The summed E-state index contributed by atoms with van der Waals surface area (Å²) in [6, 6.07) is 4.48. The number of primary amides is 1. The first-order valence-electron chi connectivity index (χ1n) is 12.2. The van der Waals surface area contributed by atoms with Gasteiger partial charge in [-0.1, -0.05) is 0 Å². The van der Waals surface area contributed by atoms with Crippen LogP contribution in [0.15, 0.2) is 30.6 Å². The molecule has 1 saturated heterocycles. The number of aliphatic hydroxyl groups is 1. The Morgan fingerprint density at radius 2 is 1.97 bits per heavy atom. The molecule has 0 radical (unpaired) electrons. The van der Waals surface area contributed by atoms with Crippen molar-refractivity contribution < 1.29 is 27.8 Å². The normalized spacial score (nSPS) is 15.7. The standard InChI is InChI=1S/C25H28F3N7O3/c1-33-6-8-34(9-7-33)16-3-5-20(38-25(26,27)28)19(12-16)31-24-30-13-15-2-4-17-18(23(29)37)14-35(10-11-36)22(17)21(15)32-24/h3,5,12-14,36H,2,4,6-11H2,1H3,(H2,29,37)(H,30,31,32). The maximum absolute atomic E-state index is 13.2. The molecular weight excluding hydrogens is 503 g/mol. The molecule has 3 heterocycles. The lowest BCUT2D eigenvalue weighted by Crippen LogP contribution is -2.44. The van der Waals surface area contributed by atoms with Crippen LogP contribution >= 0.6 is 0 Å². The Hall–Kier alpha value is -3.84. The molecule has 1 aromatic carbocycles. The molecule has 0 unspecified atom stereocenters. The van der Waals surface area contributed by atoms with Crippen LogP contribution in [0.3, 0.4) is 0 Å². The molecule has 0 bridgehead atoms. The number of benzene rings is 1. The summed E-state index contributed by atoms with van der Waals surface area (Å²) in [7, 11) is 2.02. The molecular formula is C25H28F3N7O3. The Morgan fingerprint density at radius 3 is 2.66 bits per heavy atom. The first-order valence-corrected chi connectivity index (χ1v) is 12.2. The first kappa shape index (κ1) is 25.8. The zero-order valence-corrected chi connectivity index (χ0v) is 20.8. The van der Waals surface area contributed by atoms with Crippen LogP contribution in [-0.2, 0) is 19.4 Å². The van der Waals surface area contributed by atoms with Gasteiger partial charge in [-0.25, -0.2) is 9.97 Å². The van der Waals surface area contributed by atoms with Crippen molar-refractivity contribution in [3.8, 4) is 17.1 Å². The second-order valence-corrected chi connectivity index (χ2v) is 9.36. The highest BCUT2D eigenvalue weighted by molar-refractivity contribution is 5.96. The Bertz CT molecular complexity index is 1350. The number of carbonyl (C=O) groups excluding carboxylic acids is 1. The second-order valence-electron chi connectivity index (χ2n) is 9.36. The number of fused-ring (bicyclic) bond motifs is 3. The number of likely N-dealkylation sites (N-methyl/N-ethyl adjacent to an activating group) is 1. The van der Waals surface area contributed by atoms with Gasteiger partial charge in [0, 0.05) is 50.8 Å². The maximum Gasteiger partial charge on any atom is 0.573 e. The third kappa shape index (κ3) is 5.24. The van der Waals surface area contributed by atoms with Gasteiger partial charge in [-0.3, -0.25) is 4.79 Å². The Kier molecular flexibility index (Phi) is 6.88. The Labute approximate surface area is 216 Å². The number of anilines is 3. The van der Waals surface area contributed by atoms with Crippen molar-refractivity contribution in [3.63, 3.8) is 0 Å². The molecule has 0 spiro atoms. The zero-order valence-electron chi connectivity index (χ0n) is 20.8. The molecule has 3 aromatic rings. The van der Waals surface area contributed by atoms with Gasteiger partial charge in [0.1, 0.15) is 0 Å². The number of piperazine rings is 1. The van der Waals surface area contributed by atoms with Gasteiger partial charge in [0.25, 0.3) is 5.91 Å². The molecule has 0 saturated carbocycles. The topological polar surface area (TPSA) is 122 Å². The van der Waals surface area contributed by atoms with E-state index in [4.69, 9.17) is 5.73 Å². The summed E-state index contributed by atoms with van der Waals surface area (Å²) in [5.74, 6) is -0.919. The quantitative estimate of drug-likeness (QED) is 0.425. The predicted octanol–water partition coefficient (Wildman–Crippen LogP) is 2.53. The fourth-order valence-electron chi connectivity index (χ4n) is 4.95. The summed E-state index contributed by atoms with van der Waals surface area (Å²) in [6.45, 7) is 3.19. The van der Waals surface area contributed by atoms with Crippen molar-refractivity contribution in [3.05, 3.63) is 47.3 Å². The average molecular weight is 532 g/mol. The molecule has 0 atom stereocenters. The third-order valence-corrected chi connectivity index (χ3v) is 6.83. The summed E-state index contributed by atoms with van der Waals surface area (Å²) < 4.78 is 45.5. The molecule has 1 aliphatic carbocycles. The maximum atomic E-state index is 13.2. The fourth-order valence-corrected chi connectivity index (χ4v) is 4.95. The number of rotatable bonds is 7. The summed E-state index contributed by atoms with van der Waals surface area (Å²) in [5, 5.41) is 12.5. The van der Waals surface area contributed by atoms with Crippen LogP contribution in [0.4, 0.5) is 30.5 Å². The summed E-state index contributed by atoms with van der Waals surface area (Å²) in [6.07, 6.45) is -0.558. The van der Waals surface area contributed by atoms with Crippen LogP contribution in [-0.4, -0.2) is 76.6 Å². The van der Waals surface area contributed by atoms with Crippen LogP contribution in [0.25, 0.3) is 11.4 Å². The number of ether oxygens (including phenoxy) is 1. The highest BCUT2D eigenvalue weighted by Gasteiger charge is 2.33. The summed E-state index contributed by atoms with van der Waals surface area (Å²) >= 11 is 0. The van der Waals surface area contributed by atoms with Crippen molar-refractivity contribution in [1.82, 2.24) is 19.4 Å². The van der Waals surface area contributed by atoms with Gasteiger partial charge in [-0.15, -0.1) is 13.2 Å². The molecule has 202 valence electrons. The van der Waals surface area contributed by atoms with E-state index in [2.05, 4.69) is 29.8 Å². The van der Waals surface area contributed by atoms with Crippen LogP contribution in [0.5, 0.6) is 5.75 Å². The van der Waals surface area contributed by atoms with E-state index in [-0.39, 0.29) is 24.8 Å². The Balaban J connectivity index is 1.52.